The van der Waals surface area contributed by atoms with Crippen molar-refractivity contribution < 1.29 is 17.9 Å². The molecule has 138 valence electrons. The van der Waals surface area contributed by atoms with Crippen LogP contribution in [0.25, 0.3) is 0 Å². The Labute approximate surface area is 156 Å². The Balaban J connectivity index is 1.85. The van der Waals surface area contributed by atoms with Crippen LogP contribution in [0, 0.1) is 6.92 Å². The van der Waals surface area contributed by atoms with Gasteiger partial charge >= 0.3 is 6.09 Å². The van der Waals surface area contributed by atoms with Crippen LogP contribution >= 0.6 is 0 Å². The second kappa shape index (κ2) is 7.59. The lowest BCUT2D eigenvalue weighted by molar-refractivity contribution is 0.170. The Hall–Kier alpha value is -2.19. The summed E-state index contributed by atoms with van der Waals surface area (Å²) in [7, 11) is -5.00. The molecule has 2 aromatic carbocycles. The summed E-state index contributed by atoms with van der Waals surface area (Å²) in [6.07, 6.45) is 1.68. The Morgan fingerprint density at radius 2 is 1.81 bits per heavy atom. The maximum atomic E-state index is 12.5. The lowest BCUT2D eigenvalue weighted by Crippen LogP contribution is -2.36. The largest absolute Gasteiger partial charge is 0.447 e. The molecule has 1 aliphatic heterocycles. The summed E-state index contributed by atoms with van der Waals surface area (Å²) in [5, 5.41) is 0. The zero-order chi connectivity index (χ0) is 18.7. The minimum atomic E-state index is -3.85. The molecule has 1 fully saturated rings. The minimum Gasteiger partial charge on any atom is -0.447 e. The van der Waals surface area contributed by atoms with E-state index in [1.165, 1.54) is 16.4 Å². The summed E-state index contributed by atoms with van der Waals surface area (Å²) in [4.78, 5) is 12.3. The molecule has 0 N–H and O–H groups in total. The molecule has 1 amide bonds. The number of carbonyl (C=O) groups is 1. The molecule has 6 nitrogen and oxygen atoms in total. The lowest BCUT2D eigenvalue weighted by atomic mass is 10.1. The van der Waals surface area contributed by atoms with Crippen molar-refractivity contribution in [3.63, 3.8) is 0 Å². The first-order chi connectivity index (χ1) is 12.4. The first kappa shape index (κ1) is 18.6. The van der Waals surface area contributed by atoms with Gasteiger partial charge in [-0.05, 0) is 31.0 Å². The van der Waals surface area contributed by atoms with Crippen LogP contribution in [0.5, 0.6) is 0 Å². The highest BCUT2D eigenvalue weighted by Gasteiger charge is 2.35. The maximum absolute atomic E-state index is 12.5. The highest BCUT2D eigenvalue weighted by Crippen LogP contribution is 2.22. The van der Waals surface area contributed by atoms with Crippen LogP contribution < -0.4 is 0 Å². The summed E-state index contributed by atoms with van der Waals surface area (Å²) in [6.45, 7) is 2.11. The van der Waals surface area contributed by atoms with Crippen molar-refractivity contribution in [1.82, 2.24) is 4.31 Å². The van der Waals surface area contributed by atoms with Gasteiger partial charge in [0.25, 0.3) is 10.0 Å². The fraction of sp³-hybridized carbons (Fsp3) is 0.278. The standard InChI is InChI=1S/C18H20N2O4S2/c1-14-8-10-17(11-9-14)26(22,23)19-25(2)20-16(13-24-18(20)21)12-15-6-4-3-5-7-15/h3-11,16H,12-13H2,1-2H3/t16-,25?/m0/s1. The van der Waals surface area contributed by atoms with Crippen molar-refractivity contribution >= 4 is 27.0 Å². The third-order valence-electron chi connectivity index (χ3n) is 4.03. The Morgan fingerprint density at radius 1 is 1.15 bits per heavy atom. The minimum absolute atomic E-state index is 0.120. The monoisotopic (exact) mass is 392 g/mol. The van der Waals surface area contributed by atoms with Crippen molar-refractivity contribution in [2.45, 2.75) is 24.3 Å². The third-order valence-corrected chi connectivity index (χ3v) is 7.57. The molecule has 2 aromatic rings. The number of aryl methyl sites for hydroxylation is 1. The molecule has 2 atom stereocenters. The highest BCUT2D eigenvalue weighted by molar-refractivity contribution is 7.99. The number of sulfonamides is 1. The molecule has 8 heteroatoms. The molecule has 1 aliphatic rings. The van der Waals surface area contributed by atoms with E-state index in [9.17, 15) is 13.2 Å². The van der Waals surface area contributed by atoms with E-state index >= 15 is 0 Å². The molecule has 26 heavy (non-hydrogen) atoms. The average molecular weight is 393 g/mol. The van der Waals surface area contributed by atoms with E-state index in [1.54, 1.807) is 18.4 Å². The number of ether oxygens (including phenoxy) is 1. The normalized spacial score (nSPS) is 18.8. The van der Waals surface area contributed by atoms with Gasteiger partial charge in [-0.3, -0.25) is 0 Å². The number of amides is 1. The Kier molecular flexibility index (Phi) is 5.43. The van der Waals surface area contributed by atoms with Crippen LogP contribution in [0.2, 0.25) is 0 Å². The summed E-state index contributed by atoms with van der Waals surface area (Å²) < 4.78 is 35.6. The molecule has 0 radical (unpaired) electrons. The molecule has 1 unspecified atom stereocenters. The number of rotatable bonds is 5. The zero-order valence-corrected chi connectivity index (χ0v) is 16.2. The molecular weight excluding hydrogens is 372 g/mol. The molecular formula is C18H20N2O4S2. The number of carbonyl (C=O) groups excluding carboxylic acids is 1. The van der Waals surface area contributed by atoms with E-state index in [0.717, 1.165) is 11.1 Å². The first-order valence-electron chi connectivity index (χ1n) is 8.07. The van der Waals surface area contributed by atoms with Gasteiger partial charge in [-0.15, -0.1) is 3.77 Å². The fourth-order valence-corrected chi connectivity index (χ4v) is 5.81. The highest BCUT2D eigenvalue weighted by atomic mass is 32.3. The number of nitrogens with zero attached hydrogens (tertiary/aromatic N) is 2. The Bertz CT molecular complexity index is 925. The van der Waals surface area contributed by atoms with E-state index in [4.69, 9.17) is 4.74 Å². The van der Waals surface area contributed by atoms with Crippen molar-refractivity contribution in [1.29, 1.82) is 0 Å². The summed E-state index contributed by atoms with van der Waals surface area (Å²) in [5.41, 5.74) is 2.02. The van der Waals surface area contributed by atoms with E-state index in [2.05, 4.69) is 3.77 Å². The van der Waals surface area contributed by atoms with Gasteiger partial charge in [0.15, 0.2) is 0 Å². The SMILES string of the molecule is Cc1ccc(S(=O)(=O)/N=S(\C)N2C(=O)OC[C@@H]2Cc2ccccc2)cc1. The quantitative estimate of drug-likeness (QED) is 0.783. The number of hydrogen-bond acceptors (Lipinski definition) is 4. The molecule has 1 saturated heterocycles. The molecule has 0 saturated carbocycles. The van der Waals surface area contributed by atoms with Gasteiger partial charge in [-0.1, -0.05) is 48.0 Å². The predicted octanol–water partition coefficient (Wildman–Crippen LogP) is 3.09. The van der Waals surface area contributed by atoms with Gasteiger partial charge in [0.1, 0.15) is 6.61 Å². The van der Waals surface area contributed by atoms with Gasteiger partial charge in [-0.2, -0.15) is 8.42 Å². The van der Waals surface area contributed by atoms with Crippen molar-refractivity contribution in [3.05, 3.63) is 65.7 Å². The van der Waals surface area contributed by atoms with Gasteiger partial charge in [0.2, 0.25) is 0 Å². The van der Waals surface area contributed by atoms with Gasteiger partial charge < -0.3 is 4.74 Å². The van der Waals surface area contributed by atoms with Crippen molar-refractivity contribution in [2.75, 3.05) is 12.9 Å². The van der Waals surface area contributed by atoms with Crippen LogP contribution in [-0.2, 0) is 32.1 Å². The molecule has 1 heterocycles. The maximum Gasteiger partial charge on any atom is 0.421 e. The zero-order valence-electron chi connectivity index (χ0n) is 14.5. The van der Waals surface area contributed by atoms with Crippen molar-refractivity contribution in [3.8, 4) is 0 Å². The molecule has 3 rings (SSSR count). The van der Waals surface area contributed by atoms with Gasteiger partial charge in [-0.25, -0.2) is 9.10 Å². The van der Waals surface area contributed by atoms with Gasteiger partial charge in [0.05, 0.1) is 10.9 Å². The molecule has 0 aliphatic carbocycles. The molecule has 0 bridgehead atoms. The predicted molar refractivity (Wildman–Crippen MR) is 101 cm³/mol. The average Bonchev–Trinajstić information content (AvgIpc) is 2.96. The molecule has 0 aromatic heterocycles. The summed E-state index contributed by atoms with van der Waals surface area (Å²) in [5.74, 6) is 0. The number of benzene rings is 2. The fourth-order valence-electron chi connectivity index (χ4n) is 2.73. The second-order valence-corrected chi connectivity index (χ2v) is 9.36. The smallest absolute Gasteiger partial charge is 0.421 e. The van der Waals surface area contributed by atoms with Crippen LogP contribution in [0.15, 0.2) is 63.3 Å². The third kappa shape index (κ3) is 4.13. The van der Waals surface area contributed by atoms with E-state index in [0.29, 0.717) is 6.42 Å². The van der Waals surface area contributed by atoms with E-state index in [-0.39, 0.29) is 17.5 Å². The number of hydrogen-bond donors (Lipinski definition) is 0. The van der Waals surface area contributed by atoms with Crippen molar-refractivity contribution in [2.24, 2.45) is 3.77 Å². The van der Waals surface area contributed by atoms with E-state index < -0.39 is 27.0 Å². The van der Waals surface area contributed by atoms with Crippen LogP contribution in [-0.4, -0.2) is 37.7 Å². The van der Waals surface area contributed by atoms with Crippen LogP contribution in [0.4, 0.5) is 4.79 Å². The van der Waals surface area contributed by atoms with Gasteiger partial charge in [0, 0.05) is 17.1 Å². The molecule has 0 spiro atoms. The van der Waals surface area contributed by atoms with Crippen LogP contribution in [0.3, 0.4) is 0 Å². The van der Waals surface area contributed by atoms with Crippen LogP contribution in [0.1, 0.15) is 11.1 Å². The topological polar surface area (TPSA) is 76.0 Å². The van der Waals surface area contributed by atoms with E-state index in [1.807, 2.05) is 37.3 Å². The number of cyclic esters (lactones) is 1. The second-order valence-electron chi connectivity index (χ2n) is 6.06. The lowest BCUT2D eigenvalue weighted by Gasteiger charge is -2.21. The summed E-state index contributed by atoms with van der Waals surface area (Å²) >= 11 is 0. The summed E-state index contributed by atoms with van der Waals surface area (Å²) in [6, 6.07) is 16.0. The Morgan fingerprint density at radius 3 is 2.46 bits per heavy atom. The first-order valence-corrected chi connectivity index (χ1v) is 11.1.